The molecule has 1 rings (SSSR count). The van der Waals surface area contributed by atoms with Crippen LogP contribution in [0.5, 0.6) is 0 Å². The van der Waals surface area contributed by atoms with Crippen LogP contribution in [-0.2, 0) is 11.2 Å². The number of rotatable bonds is 6. The van der Waals surface area contributed by atoms with Crippen molar-refractivity contribution < 1.29 is 4.79 Å². The molecule has 1 amide bonds. The van der Waals surface area contributed by atoms with Gasteiger partial charge in [-0.1, -0.05) is 44.2 Å². The number of hydrogen-bond donors (Lipinski definition) is 2. The van der Waals surface area contributed by atoms with Gasteiger partial charge in [0.25, 0.3) is 0 Å². The highest BCUT2D eigenvalue weighted by atomic mass is 16.2. The summed E-state index contributed by atoms with van der Waals surface area (Å²) in [6.45, 7) is 4.59. The van der Waals surface area contributed by atoms with E-state index in [1.165, 1.54) is 5.56 Å². The monoisotopic (exact) mass is 234 g/mol. The van der Waals surface area contributed by atoms with Gasteiger partial charge in [0.1, 0.15) is 0 Å². The number of carbonyl (C=O) groups is 1. The van der Waals surface area contributed by atoms with Crippen LogP contribution in [0.15, 0.2) is 30.3 Å². The van der Waals surface area contributed by atoms with Crippen molar-refractivity contribution in [2.24, 2.45) is 11.7 Å². The normalized spacial score (nSPS) is 12.5. The van der Waals surface area contributed by atoms with Crippen LogP contribution in [0.3, 0.4) is 0 Å². The lowest BCUT2D eigenvalue weighted by Gasteiger charge is -2.15. The van der Waals surface area contributed by atoms with Gasteiger partial charge in [-0.2, -0.15) is 0 Å². The second kappa shape index (κ2) is 7.07. The van der Waals surface area contributed by atoms with Crippen molar-refractivity contribution in [3.63, 3.8) is 0 Å². The molecule has 0 radical (unpaired) electrons. The lowest BCUT2D eigenvalue weighted by atomic mass is 10.0. The standard InChI is InChI=1S/C14H22N2O/c1-11(2)13(15)14(17)16-10-6-9-12-7-4-3-5-8-12/h3-5,7-8,11,13H,6,9-10,15H2,1-2H3,(H,16,17)/t13-/m1/s1. The van der Waals surface area contributed by atoms with E-state index >= 15 is 0 Å². The van der Waals surface area contributed by atoms with Crippen LogP contribution < -0.4 is 11.1 Å². The van der Waals surface area contributed by atoms with Crippen molar-refractivity contribution in [1.29, 1.82) is 0 Å². The van der Waals surface area contributed by atoms with Crippen molar-refractivity contribution >= 4 is 5.91 Å². The molecule has 17 heavy (non-hydrogen) atoms. The van der Waals surface area contributed by atoms with Gasteiger partial charge in [-0.3, -0.25) is 4.79 Å². The van der Waals surface area contributed by atoms with Crippen LogP contribution in [0.25, 0.3) is 0 Å². The molecule has 0 fully saturated rings. The SMILES string of the molecule is CC(C)[C@@H](N)C(=O)NCCCc1ccccc1. The summed E-state index contributed by atoms with van der Waals surface area (Å²) >= 11 is 0. The Hall–Kier alpha value is -1.35. The first-order valence-electron chi connectivity index (χ1n) is 6.18. The number of nitrogens with one attached hydrogen (secondary N) is 1. The smallest absolute Gasteiger partial charge is 0.237 e. The van der Waals surface area contributed by atoms with E-state index in [1.807, 2.05) is 32.0 Å². The molecule has 0 bridgehead atoms. The van der Waals surface area contributed by atoms with E-state index in [1.54, 1.807) is 0 Å². The zero-order chi connectivity index (χ0) is 12.7. The molecule has 0 aliphatic carbocycles. The third-order valence-corrected chi connectivity index (χ3v) is 2.81. The van der Waals surface area contributed by atoms with Crippen LogP contribution in [-0.4, -0.2) is 18.5 Å². The predicted molar refractivity (Wildman–Crippen MR) is 70.6 cm³/mol. The Bertz CT molecular complexity index is 335. The fourth-order valence-corrected chi connectivity index (χ4v) is 1.57. The fourth-order valence-electron chi connectivity index (χ4n) is 1.57. The average Bonchev–Trinajstić information content (AvgIpc) is 2.34. The summed E-state index contributed by atoms with van der Waals surface area (Å²) in [5.74, 6) is 0.136. The highest BCUT2D eigenvalue weighted by Crippen LogP contribution is 2.02. The minimum Gasteiger partial charge on any atom is -0.355 e. The quantitative estimate of drug-likeness (QED) is 0.736. The summed E-state index contributed by atoms with van der Waals surface area (Å²) in [5, 5.41) is 2.87. The van der Waals surface area contributed by atoms with Crippen LogP contribution in [0.2, 0.25) is 0 Å². The Morgan fingerprint density at radius 2 is 1.94 bits per heavy atom. The Morgan fingerprint density at radius 1 is 1.29 bits per heavy atom. The lowest BCUT2D eigenvalue weighted by molar-refractivity contribution is -0.123. The lowest BCUT2D eigenvalue weighted by Crippen LogP contribution is -2.44. The molecule has 1 atom stereocenters. The summed E-state index contributed by atoms with van der Waals surface area (Å²) in [7, 11) is 0. The molecule has 0 aromatic heterocycles. The van der Waals surface area contributed by atoms with E-state index in [-0.39, 0.29) is 11.8 Å². The highest BCUT2D eigenvalue weighted by Gasteiger charge is 2.15. The van der Waals surface area contributed by atoms with Gasteiger partial charge in [-0.05, 0) is 24.3 Å². The first kappa shape index (κ1) is 13.7. The van der Waals surface area contributed by atoms with E-state index in [9.17, 15) is 4.79 Å². The summed E-state index contributed by atoms with van der Waals surface area (Å²) in [6.07, 6.45) is 1.93. The largest absolute Gasteiger partial charge is 0.355 e. The Kier molecular flexibility index (Phi) is 5.70. The molecule has 1 aromatic carbocycles. The van der Waals surface area contributed by atoms with E-state index < -0.39 is 6.04 Å². The third kappa shape index (κ3) is 5.00. The Balaban J connectivity index is 2.18. The van der Waals surface area contributed by atoms with E-state index in [2.05, 4.69) is 17.4 Å². The van der Waals surface area contributed by atoms with Crippen LogP contribution in [0.1, 0.15) is 25.8 Å². The number of carbonyl (C=O) groups excluding carboxylic acids is 1. The molecule has 3 nitrogen and oxygen atoms in total. The van der Waals surface area contributed by atoms with Gasteiger partial charge in [0.2, 0.25) is 5.91 Å². The number of hydrogen-bond acceptors (Lipinski definition) is 2. The minimum absolute atomic E-state index is 0.0481. The van der Waals surface area contributed by atoms with Crippen LogP contribution in [0.4, 0.5) is 0 Å². The number of nitrogens with two attached hydrogens (primary N) is 1. The number of aryl methyl sites for hydroxylation is 1. The Morgan fingerprint density at radius 3 is 2.53 bits per heavy atom. The first-order chi connectivity index (χ1) is 8.11. The molecule has 0 spiro atoms. The van der Waals surface area contributed by atoms with Crippen LogP contribution in [0, 0.1) is 5.92 Å². The zero-order valence-electron chi connectivity index (χ0n) is 10.6. The molecule has 0 saturated carbocycles. The van der Waals surface area contributed by atoms with Gasteiger partial charge in [0.15, 0.2) is 0 Å². The zero-order valence-corrected chi connectivity index (χ0v) is 10.6. The summed E-state index contributed by atoms with van der Waals surface area (Å²) < 4.78 is 0. The van der Waals surface area contributed by atoms with Gasteiger partial charge < -0.3 is 11.1 Å². The maximum Gasteiger partial charge on any atom is 0.237 e. The van der Waals surface area contributed by atoms with E-state index in [4.69, 9.17) is 5.73 Å². The maximum atomic E-state index is 11.6. The second-order valence-electron chi connectivity index (χ2n) is 4.65. The molecule has 94 valence electrons. The van der Waals surface area contributed by atoms with Crippen molar-refractivity contribution in [1.82, 2.24) is 5.32 Å². The molecule has 3 heteroatoms. The van der Waals surface area contributed by atoms with Crippen molar-refractivity contribution in [2.45, 2.75) is 32.7 Å². The summed E-state index contributed by atoms with van der Waals surface area (Å²) in [4.78, 5) is 11.6. The summed E-state index contributed by atoms with van der Waals surface area (Å²) in [6, 6.07) is 9.87. The van der Waals surface area contributed by atoms with E-state index in [0.717, 1.165) is 12.8 Å². The average molecular weight is 234 g/mol. The number of benzene rings is 1. The Labute approximate surface area is 103 Å². The topological polar surface area (TPSA) is 55.1 Å². The fraction of sp³-hybridized carbons (Fsp3) is 0.500. The van der Waals surface area contributed by atoms with E-state index in [0.29, 0.717) is 6.54 Å². The molecule has 0 saturated heterocycles. The molecule has 3 N–H and O–H groups in total. The molecule has 0 aliphatic heterocycles. The van der Waals surface area contributed by atoms with Crippen molar-refractivity contribution in [3.05, 3.63) is 35.9 Å². The molecular formula is C14H22N2O. The molecule has 0 heterocycles. The van der Waals surface area contributed by atoms with Gasteiger partial charge in [0.05, 0.1) is 6.04 Å². The van der Waals surface area contributed by atoms with Gasteiger partial charge in [-0.25, -0.2) is 0 Å². The summed E-state index contributed by atoms with van der Waals surface area (Å²) in [5.41, 5.74) is 7.04. The predicted octanol–water partition coefficient (Wildman–Crippen LogP) is 1.72. The second-order valence-corrected chi connectivity index (χ2v) is 4.65. The van der Waals surface area contributed by atoms with Gasteiger partial charge >= 0.3 is 0 Å². The van der Waals surface area contributed by atoms with Crippen LogP contribution >= 0.6 is 0 Å². The van der Waals surface area contributed by atoms with Gasteiger partial charge in [0, 0.05) is 6.54 Å². The minimum atomic E-state index is -0.397. The molecular weight excluding hydrogens is 212 g/mol. The van der Waals surface area contributed by atoms with Crippen molar-refractivity contribution in [3.8, 4) is 0 Å². The number of amides is 1. The highest BCUT2D eigenvalue weighted by molar-refractivity contribution is 5.81. The third-order valence-electron chi connectivity index (χ3n) is 2.81. The molecule has 1 aromatic rings. The maximum absolute atomic E-state index is 11.6. The van der Waals surface area contributed by atoms with Gasteiger partial charge in [-0.15, -0.1) is 0 Å². The molecule has 0 aliphatic rings. The van der Waals surface area contributed by atoms with Crippen molar-refractivity contribution in [2.75, 3.05) is 6.54 Å². The molecule has 0 unspecified atom stereocenters. The first-order valence-corrected chi connectivity index (χ1v) is 6.18.